The third kappa shape index (κ3) is 3.00. The number of nitrogens with zero attached hydrogens (tertiary/aromatic N) is 1. The van der Waals surface area contributed by atoms with E-state index in [9.17, 15) is 13.2 Å². The Balaban J connectivity index is 2.13. The molecule has 0 unspecified atom stereocenters. The summed E-state index contributed by atoms with van der Waals surface area (Å²) >= 11 is 0. The van der Waals surface area contributed by atoms with Crippen molar-refractivity contribution in [3.05, 3.63) is 36.0 Å². The molecule has 0 aliphatic rings. The van der Waals surface area contributed by atoms with Crippen molar-refractivity contribution < 1.29 is 13.2 Å². The number of hydrogen-bond donors (Lipinski definition) is 1. The average Bonchev–Trinajstić information content (AvgIpc) is 2.59. The molecule has 2 aromatic rings. The van der Waals surface area contributed by atoms with Gasteiger partial charge in [-0.05, 0) is 18.7 Å². The highest BCUT2D eigenvalue weighted by Crippen LogP contribution is 2.21. The zero-order chi connectivity index (χ0) is 12.5. The second-order valence-corrected chi connectivity index (χ2v) is 4.15. The first-order chi connectivity index (χ1) is 7.96. The maximum absolute atomic E-state index is 12.2. The molecule has 0 radical (unpaired) electrons. The number of rotatable bonds is 3. The molecule has 17 heavy (non-hydrogen) atoms. The number of aromatic nitrogens is 1. The van der Waals surface area contributed by atoms with Crippen LogP contribution in [0.1, 0.15) is 5.56 Å². The van der Waals surface area contributed by atoms with Gasteiger partial charge in [0, 0.05) is 23.6 Å². The van der Waals surface area contributed by atoms with Crippen LogP contribution in [0.4, 0.5) is 13.2 Å². The quantitative estimate of drug-likeness (QED) is 0.875. The summed E-state index contributed by atoms with van der Waals surface area (Å²) in [6.07, 6.45) is -2.39. The number of halogens is 3. The van der Waals surface area contributed by atoms with E-state index in [4.69, 9.17) is 0 Å². The minimum Gasteiger partial charge on any atom is -0.361 e. The molecule has 0 aliphatic heterocycles. The molecule has 0 aliphatic carbocycles. The molecule has 0 amide bonds. The molecule has 1 heterocycles. The molecule has 0 spiro atoms. The Morgan fingerprint density at radius 3 is 2.65 bits per heavy atom. The van der Waals surface area contributed by atoms with Crippen molar-refractivity contribution in [2.75, 3.05) is 13.6 Å². The number of para-hydroxylation sites is 1. The van der Waals surface area contributed by atoms with Gasteiger partial charge in [-0.25, -0.2) is 0 Å². The fourth-order valence-electron chi connectivity index (χ4n) is 1.92. The third-order valence-electron chi connectivity index (χ3n) is 2.56. The van der Waals surface area contributed by atoms with Crippen molar-refractivity contribution in [2.24, 2.45) is 0 Å². The molecule has 1 N–H and O–H groups in total. The first-order valence-electron chi connectivity index (χ1n) is 5.26. The number of fused-ring (bicyclic) bond motifs is 1. The van der Waals surface area contributed by atoms with Gasteiger partial charge in [0.15, 0.2) is 0 Å². The van der Waals surface area contributed by atoms with Crippen LogP contribution < -0.4 is 0 Å². The highest BCUT2D eigenvalue weighted by Gasteiger charge is 2.29. The zero-order valence-electron chi connectivity index (χ0n) is 9.38. The number of nitrogens with one attached hydrogen (secondary N) is 1. The second kappa shape index (κ2) is 4.41. The first kappa shape index (κ1) is 12.0. The summed E-state index contributed by atoms with van der Waals surface area (Å²) in [4.78, 5) is 4.31. The largest absolute Gasteiger partial charge is 0.401 e. The monoisotopic (exact) mass is 242 g/mol. The van der Waals surface area contributed by atoms with E-state index in [1.807, 2.05) is 24.3 Å². The Hall–Kier alpha value is -1.49. The van der Waals surface area contributed by atoms with Crippen LogP contribution in [-0.4, -0.2) is 29.7 Å². The highest BCUT2D eigenvalue weighted by atomic mass is 19.4. The molecule has 0 bridgehead atoms. The van der Waals surface area contributed by atoms with Gasteiger partial charge < -0.3 is 4.98 Å². The predicted molar refractivity (Wildman–Crippen MR) is 60.7 cm³/mol. The molecule has 1 aromatic carbocycles. The molecule has 0 fully saturated rings. The standard InChI is InChI=1S/C12H13F3N2/c1-17(8-12(13,14)15)7-9-6-16-11-5-3-2-4-10(9)11/h2-6,16H,7-8H2,1H3. The van der Waals surface area contributed by atoms with Crippen LogP contribution in [0.3, 0.4) is 0 Å². The van der Waals surface area contributed by atoms with Crippen molar-refractivity contribution in [2.45, 2.75) is 12.7 Å². The smallest absolute Gasteiger partial charge is 0.361 e. The van der Waals surface area contributed by atoms with E-state index in [1.165, 1.54) is 11.9 Å². The Labute approximate surface area is 97.0 Å². The van der Waals surface area contributed by atoms with Crippen molar-refractivity contribution in [1.29, 1.82) is 0 Å². The van der Waals surface area contributed by atoms with Crippen LogP contribution in [-0.2, 0) is 6.54 Å². The summed E-state index contributed by atoms with van der Waals surface area (Å²) in [5.74, 6) is 0. The number of aromatic amines is 1. The van der Waals surface area contributed by atoms with Crippen LogP contribution in [0.15, 0.2) is 30.5 Å². The lowest BCUT2D eigenvalue weighted by atomic mass is 10.1. The zero-order valence-corrected chi connectivity index (χ0v) is 9.38. The number of H-pyrrole nitrogens is 1. The lowest BCUT2D eigenvalue weighted by Gasteiger charge is -2.17. The Kier molecular flexibility index (Phi) is 3.11. The molecule has 5 heteroatoms. The van der Waals surface area contributed by atoms with Gasteiger partial charge in [-0.15, -0.1) is 0 Å². The molecular formula is C12H13F3N2. The summed E-state index contributed by atoms with van der Waals surface area (Å²) in [6, 6.07) is 7.58. The summed E-state index contributed by atoms with van der Waals surface area (Å²) < 4.78 is 36.6. The van der Waals surface area contributed by atoms with Gasteiger partial charge in [-0.1, -0.05) is 18.2 Å². The van der Waals surface area contributed by atoms with Crippen LogP contribution in [0, 0.1) is 0 Å². The predicted octanol–water partition coefficient (Wildman–Crippen LogP) is 3.16. The SMILES string of the molecule is CN(Cc1c[nH]c2ccccc12)CC(F)(F)F. The summed E-state index contributed by atoms with van der Waals surface area (Å²) in [6.45, 7) is -0.615. The maximum Gasteiger partial charge on any atom is 0.401 e. The van der Waals surface area contributed by atoms with E-state index in [0.717, 1.165) is 16.5 Å². The molecule has 92 valence electrons. The number of alkyl halides is 3. The first-order valence-corrected chi connectivity index (χ1v) is 5.26. The van der Waals surface area contributed by atoms with E-state index in [2.05, 4.69) is 4.98 Å². The van der Waals surface area contributed by atoms with Gasteiger partial charge in [-0.3, -0.25) is 4.90 Å². The highest BCUT2D eigenvalue weighted by molar-refractivity contribution is 5.82. The van der Waals surface area contributed by atoms with Crippen LogP contribution >= 0.6 is 0 Å². The third-order valence-corrected chi connectivity index (χ3v) is 2.56. The van der Waals surface area contributed by atoms with E-state index in [0.29, 0.717) is 0 Å². The van der Waals surface area contributed by atoms with Crippen LogP contribution in [0.5, 0.6) is 0 Å². The summed E-state index contributed by atoms with van der Waals surface area (Å²) in [5.41, 5.74) is 1.83. The number of hydrogen-bond acceptors (Lipinski definition) is 1. The van der Waals surface area contributed by atoms with E-state index in [-0.39, 0.29) is 6.54 Å². The minimum absolute atomic E-state index is 0.281. The molecule has 2 rings (SSSR count). The van der Waals surface area contributed by atoms with Crippen molar-refractivity contribution in [1.82, 2.24) is 9.88 Å². The van der Waals surface area contributed by atoms with Gasteiger partial charge in [-0.2, -0.15) is 13.2 Å². The molecule has 0 saturated heterocycles. The normalized spacial score (nSPS) is 12.5. The van der Waals surface area contributed by atoms with Gasteiger partial charge >= 0.3 is 6.18 Å². The second-order valence-electron chi connectivity index (χ2n) is 4.15. The van der Waals surface area contributed by atoms with Crippen molar-refractivity contribution in [3.8, 4) is 0 Å². The lowest BCUT2D eigenvalue weighted by molar-refractivity contribution is -0.143. The molecule has 0 saturated carbocycles. The fourth-order valence-corrected chi connectivity index (χ4v) is 1.92. The topological polar surface area (TPSA) is 19.0 Å². The van der Waals surface area contributed by atoms with Crippen molar-refractivity contribution in [3.63, 3.8) is 0 Å². The fraction of sp³-hybridized carbons (Fsp3) is 0.333. The molecule has 0 atom stereocenters. The lowest BCUT2D eigenvalue weighted by Crippen LogP contribution is -2.30. The molecule has 1 aromatic heterocycles. The van der Waals surface area contributed by atoms with E-state index in [1.54, 1.807) is 6.20 Å². The Bertz CT molecular complexity index is 502. The molecule has 2 nitrogen and oxygen atoms in total. The summed E-state index contributed by atoms with van der Waals surface area (Å²) in [7, 11) is 1.47. The van der Waals surface area contributed by atoms with Crippen LogP contribution in [0.2, 0.25) is 0 Å². The Morgan fingerprint density at radius 1 is 1.24 bits per heavy atom. The van der Waals surface area contributed by atoms with Crippen LogP contribution in [0.25, 0.3) is 10.9 Å². The Morgan fingerprint density at radius 2 is 1.94 bits per heavy atom. The van der Waals surface area contributed by atoms with Gasteiger partial charge in [0.05, 0.1) is 6.54 Å². The van der Waals surface area contributed by atoms with Crippen molar-refractivity contribution >= 4 is 10.9 Å². The number of benzene rings is 1. The minimum atomic E-state index is -4.15. The average molecular weight is 242 g/mol. The molecular weight excluding hydrogens is 229 g/mol. The maximum atomic E-state index is 12.2. The van der Waals surface area contributed by atoms with E-state index >= 15 is 0 Å². The van der Waals surface area contributed by atoms with Gasteiger partial charge in [0.25, 0.3) is 0 Å². The van der Waals surface area contributed by atoms with Gasteiger partial charge in [0.1, 0.15) is 0 Å². The van der Waals surface area contributed by atoms with Gasteiger partial charge in [0.2, 0.25) is 0 Å². The van der Waals surface area contributed by atoms with E-state index < -0.39 is 12.7 Å². The summed E-state index contributed by atoms with van der Waals surface area (Å²) in [5, 5.41) is 0.974.